The number of amides is 3. The van der Waals surface area contributed by atoms with Gasteiger partial charge in [-0.3, -0.25) is 14.4 Å². The third-order valence-electron chi connectivity index (χ3n) is 6.20. The Morgan fingerprint density at radius 3 is 2.60 bits per heavy atom. The van der Waals surface area contributed by atoms with Crippen molar-refractivity contribution in [2.45, 2.75) is 38.3 Å². The van der Waals surface area contributed by atoms with E-state index < -0.39 is 11.9 Å². The molecule has 35 heavy (non-hydrogen) atoms. The molecule has 0 aliphatic carbocycles. The molecule has 0 spiro atoms. The normalized spacial score (nSPS) is 17.3. The maximum atomic E-state index is 13.4. The first kappa shape index (κ1) is 24.2. The Hall–Kier alpha value is -3.94. The monoisotopic (exact) mass is 476 g/mol. The first-order valence-corrected chi connectivity index (χ1v) is 11.8. The quantitative estimate of drug-likeness (QED) is 0.357. The van der Waals surface area contributed by atoms with Crippen LogP contribution in [0.2, 0.25) is 0 Å². The highest BCUT2D eigenvalue weighted by Crippen LogP contribution is 2.18. The summed E-state index contributed by atoms with van der Waals surface area (Å²) in [5.41, 5.74) is 1.87. The van der Waals surface area contributed by atoms with Crippen molar-refractivity contribution in [3.63, 3.8) is 0 Å². The van der Waals surface area contributed by atoms with Crippen molar-refractivity contribution in [1.82, 2.24) is 20.9 Å². The van der Waals surface area contributed by atoms with E-state index in [1.165, 1.54) is 12.1 Å². The Morgan fingerprint density at radius 2 is 1.91 bits per heavy atom. The average Bonchev–Trinajstić information content (AvgIpc) is 3.46. The van der Waals surface area contributed by atoms with Crippen LogP contribution in [0.3, 0.4) is 0 Å². The molecule has 182 valence electrons. The number of nitrogens with one attached hydrogen (secondary N) is 4. The van der Waals surface area contributed by atoms with Gasteiger partial charge in [-0.05, 0) is 49.6 Å². The number of allylic oxidation sites excluding steroid dienone is 1. The van der Waals surface area contributed by atoms with Crippen LogP contribution in [0.25, 0.3) is 10.9 Å². The highest BCUT2D eigenvalue weighted by molar-refractivity contribution is 6.00. The third kappa shape index (κ3) is 6.15. The Kier molecular flexibility index (Phi) is 7.60. The summed E-state index contributed by atoms with van der Waals surface area (Å²) in [5, 5.41) is 9.51. The van der Waals surface area contributed by atoms with Crippen molar-refractivity contribution >= 4 is 28.6 Å². The second kappa shape index (κ2) is 11.0. The van der Waals surface area contributed by atoms with Gasteiger partial charge in [0.2, 0.25) is 11.8 Å². The summed E-state index contributed by atoms with van der Waals surface area (Å²) in [7, 11) is 0. The number of halogens is 1. The first-order valence-electron chi connectivity index (χ1n) is 11.8. The van der Waals surface area contributed by atoms with E-state index >= 15 is 0 Å². The third-order valence-corrected chi connectivity index (χ3v) is 6.20. The number of aromatic nitrogens is 1. The van der Waals surface area contributed by atoms with Crippen molar-refractivity contribution < 1.29 is 18.8 Å². The zero-order chi connectivity index (χ0) is 24.8. The van der Waals surface area contributed by atoms with Crippen LogP contribution >= 0.6 is 0 Å². The standard InChI is InChI=1S/C27H29FN4O3/c1-2-5-21(15-19-12-13-29-25(19)33)30-26(34)23(14-17-8-10-20(28)11-9-17)32-27(35)24-16-18-6-3-4-7-22(18)31-24/h2-11,16,19,21,23,31H,12-15H2,1H3,(H,29,33)(H,30,34)(H,32,35)/b5-2+/t19-,21+,23-/m0/s1. The van der Waals surface area contributed by atoms with Crippen LogP contribution < -0.4 is 16.0 Å². The van der Waals surface area contributed by atoms with Crippen LogP contribution in [0, 0.1) is 11.7 Å². The average molecular weight is 477 g/mol. The molecule has 1 fully saturated rings. The number of carbonyl (C=O) groups excluding carboxylic acids is 3. The second-order valence-corrected chi connectivity index (χ2v) is 8.78. The Morgan fingerprint density at radius 1 is 1.14 bits per heavy atom. The van der Waals surface area contributed by atoms with Gasteiger partial charge in [0.15, 0.2) is 0 Å². The lowest BCUT2D eigenvalue weighted by atomic mass is 9.97. The van der Waals surface area contributed by atoms with E-state index in [-0.39, 0.29) is 36.0 Å². The van der Waals surface area contributed by atoms with Crippen LogP contribution in [0.1, 0.15) is 35.8 Å². The first-order chi connectivity index (χ1) is 16.9. The summed E-state index contributed by atoms with van der Waals surface area (Å²) in [6, 6.07) is 13.8. The van der Waals surface area contributed by atoms with E-state index in [1.807, 2.05) is 43.3 Å². The van der Waals surface area contributed by atoms with Gasteiger partial charge in [-0.2, -0.15) is 0 Å². The minimum atomic E-state index is -0.899. The number of para-hydroxylation sites is 1. The molecule has 0 unspecified atom stereocenters. The number of carbonyl (C=O) groups is 3. The molecule has 1 aliphatic rings. The summed E-state index contributed by atoms with van der Waals surface area (Å²) < 4.78 is 13.4. The fraction of sp³-hybridized carbons (Fsp3) is 0.296. The lowest BCUT2D eigenvalue weighted by Gasteiger charge is -2.23. The molecule has 8 heteroatoms. The smallest absolute Gasteiger partial charge is 0.268 e. The van der Waals surface area contributed by atoms with Crippen LogP contribution in [-0.4, -0.2) is 41.3 Å². The van der Waals surface area contributed by atoms with E-state index in [0.717, 1.165) is 17.3 Å². The van der Waals surface area contributed by atoms with E-state index in [2.05, 4.69) is 20.9 Å². The van der Waals surface area contributed by atoms with Crippen molar-refractivity contribution in [1.29, 1.82) is 0 Å². The molecule has 1 aromatic heterocycles. The van der Waals surface area contributed by atoms with Crippen molar-refractivity contribution in [2.75, 3.05) is 6.54 Å². The van der Waals surface area contributed by atoms with Crippen molar-refractivity contribution in [3.05, 3.63) is 83.8 Å². The van der Waals surface area contributed by atoms with E-state index in [1.54, 1.807) is 18.2 Å². The molecule has 3 aromatic rings. The van der Waals surface area contributed by atoms with Gasteiger partial charge in [0, 0.05) is 35.8 Å². The van der Waals surface area contributed by atoms with Crippen LogP contribution in [-0.2, 0) is 16.0 Å². The van der Waals surface area contributed by atoms with Gasteiger partial charge >= 0.3 is 0 Å². The minimum Gasteiger partial charge on any atom is -0.356 e. The van der Waals surface area contributed by atoms with Crippen LogP contribution in [0.5, 0.6) is 0 Å². The number of benzene rings is 2. The lowest BCUT2D eigenvalue weighted by Crippen LogP contribution is -2.50. The summed E-state index contributed by atoms with van der Waals surface area (Å²) in [6.07, 6.45) is 5.05. The highest BCUT2D eigenvalue weighted by atomic mass is 19.1. The summed E-state index contributed by atoms with van der Waals surface area (Å²) in [5.74, 6) is -1.35. The molecule has 2 aromatic carbocycles. The van der Waals surface area contributed by atoms with E-state index in [9.17, 15) is 18.8 Å². The Labute approximate surface area is 203 Å². The Balaban J connectivity index is 1.52. The van der Waals surface area contributed by atoms with Crippen molar-refractivity contribution in [2.24, 2.45) is 5.92 Å². The van der Waals surface area contributed by atoms with Gasteiger partial charge < -0.3 is 20.9 Å². The predicted molar refractivity (Wildman–Crippen MR) is 132 cm³/mol. The molecule has 0 saturated carbocycles. The summed E-state index contributed by atoms with van der Waals surface area (Å²) >= 11 is 0. The van der Waals surface area contributed by atoms with Crippen LogP contribution in [0.15, 0.2) is 66.7 Å². The molecule has 4 N–H and O–H groups in total. The van der Waals surface area contributed by atoms with Crippen molar-refractivity contribution in [3.8, 4) is 0 Å². The summed E-state index contributed by atoms with van der Waals surface area (Å²) in [6.45, 7) is 2.48. The van der Waals surface area contributed by atoms with Crippen LogP contribution in [0.4, 0.5) is 4.39 Å². The molecule has 1 saturated heterocycles. The number of H-pyrrole nitrogens is 1. The molecule has 1 aliphatic heterocycles. The SMILES string of the molecule is C/C=C/[C@H](C[C@@H]1CCNC1=O)NC(=O)[C@H](Cc1ccc(F)cc1)NC(=O)c1cc2ccccc2[nH]1. The zero-order valence-electron chi connectivity index (χ0n) is 19.5. The number of aromatic amines is 1. The predicted octanol–water partition coefficient (Wildman–Crippen LogP) is 3.24. The number of fused-ring (bicyclic) bond motifs is 1. The summed E-state index contributed by atoms with van der Waals surface area (Å²) in [4.78, 5) is 41.5. The van der Waals surface area contributed by atoms with E-state index in [0.29, 0.717) is 24.2 Å². The molecule has 4 rings (SSSR count). The molecule has 3 atom stereocenters. The zero-order valence-corrected chi connectivity index (χ0v) is 19.5. The van der Waals surface area contributed by atoms with E-state index in [4.69, 9.17) is 0 Å². The minimum absolute atomic E-state index is 0.0104. The fourth-order valence-electron chi connectivity index (χ4n) is 4.37. The largest absolute Gasteiger partial charge is 0.356 e. The lowest BCUT2D eigenvalue weighted by molar-refractivity contribution is -0.125. The fourth-order valence-corrected chi connectivity index (χ4v) is 4.37. The molecule has 0 bridgehead atoms. The van der Waals surface area contributed by atoms with Gasteiger partial charge in [0.05, 0.1) is 0 Å². The van der Waals surface area contributed by atoms with Gasteiger partial charge in [-0.1, -0.05) is 42.5 Å². The number of hydrogen-bond donors (Lipinski definition) is 4. The molecular formula is C27H29FN4O3. The Bertz CT molecular complexity index is 1200. The maximum Gasteiger partial charge on any atom is 0.268 e. The van der Waals surface area contributed by atoms with Gasteiger partial charge in [0.1, 0.15) is 17.6 Å². The molecule has 2 heterocycles. The molecule has 3 amide bonds. The van der Waals surface area contributed by atoms with Gasteiger partial charge in [-0.15, -0.1) is 0 Å². The molecule has 7 nitrogen and oxygen atoms in total. The second-order valence-electron chi connectivity index (χ2n) is 8.78. The number of rotatable bonds is 9. The highest BCUT2D eigenvalue weighted by Gasteiger charge is 2.29. The van der Waals surface area contributed by atoms with Gasteiger partial charge in [-0.25, -0.2) is 4.39 Å². The molecular weight excluding hydrogens is 447 g/mol. The van der Waals surface area contributed by atoms with Gasteiger partial charge in [0.25, 0.3) is 5.91 Å². The molecule has 0 radical (unpaired) electrons. The number of hydrogen-bond acceptors (Lipinski definition) is 3. The maximum absolute atomic E-state index is 13.4. The topological polar surface area (TPSA) is 103 Å².